The van der Waals surface area contributed by atoms with Crippen molar-refractivity contribution in [3.8, 4) is 0 Å². The summed E-state index contributed by atoms with van der Waals surface area (Å²) >= 11 is 5.99. The van der Waals surface area contributed by atoms with Crippen LogP contribution in [0.2, 0.25) is 0 Å². The van der Waals surface area contributed by atoms with Crippen molar-refractivity contribution in [3.05, 3.63) is 11.9 Å². The lowest BCUT2D eigenvalue weighted by molar-refractivity contribution is 0.578. The molecule has 0 radical (unpaired) electrons. The van der Waals surface area contributed by atoms with Crippen molar-refractivity contribution in [1.29, 1.82) is 0 Å². The molecule has 0 aliphatic carbocycles. The molecule has 0 aromatic carbocycles. The highest BCUT2D eigenvalue weighted by Crippen LogP contribution is 2.20. The van der Waals surface area contributed by atoms with E-state index in [4.69, 9.17) is 11.6 Å². The van der Waals surface area contributed by atoms with Crippen LogP contribution in [0.1, 0.15) is 37.8 Å². The van der Waals surface area contributed by atoms with E-state index in [2.05, 4.69) is 17.2 Å². The van der Waals surface area contributed by atoms with Crippen LogP contribution >= 0.6 is 11.6 Å². The van der Waals surface area contributed by atoms with E-state index in [-0.39, 0.29) is 5.38 Å². The fourth-order valence-electron chi connectivity index (χ4n) is 1.00. The third kappa shape index (κ3) is 2.21. The van der Waals surface area contributed by atoms with Crippen LogP contribution in [0, 0.1) is 0 Å². The Morgan fingerprint density at radius 1 is 1.58 bits per heavy atom. The summed E-state index contributed by atoms with van der Waals surface area (Å²) in [6, 6.07) is 0. The van der Waals surface area contributed by atoms with Gasteiger partial charge in [0.2, 0.25) is 0 Å². The zero-order valence-electron chi connectivity index (χ0n) is 7.50. The normalized spacial score (nSPS) is 13.2. The molecule has 1 rings (SSSR count). The summed E-state index contributed by atoms with van der Waals surface area (Å²) in [6.07, 6.45) is 3.89. The Kier molecular flexibility index (Phi) is 3.53. The summed E-state index contributed by atoms with van der Waals surface area (Å²) in [5.41, 5.74) is 0.882. The molecule has 1 heterocycles. The van der Waals surface area contributed by atoms with E-state index in [9.17, 15) is 0 Å². The summed E-state index contributed by atoms with van der Waals surface area (Å²) in [6.45, 7) is 5.07. The maximum absolute atomic E-state index is 5.99. The predicted octanol–water partition coefficient (Wildman–Crippen LogP) is 2.38. The van der Waals surface area contributed by atoms with Gasteiger partial charge in [-0.2, -0.15) is 0 Å². The summed E-state index contributed by atoms with van der Waals surface area (Å²) in [7, 11) is 0. The largest absolute Gasteiger partial charge is 0.252 e. The standard InChI is InChI=1S/C8H14ClN3/c1-3-5-12-6-8(10-11-12)7(9)4-2/h6-7H,3-5H2,1-2H3. The van der Waals surface area contributed by atoms with Gasteiger partial charge < -0.3 is 0 Å². The molecule has 0 bridgehead atoms. The van der Waals surface area contributed by atoms with Gasteiger partial charge in [0, 0.05) is 12.7 Å². The van der Waals surface area contributed by atoms with Crippen molar-refractivity contribution in [2.24, 2.45) is 0 Å². The number of rotatable bonds is 4. The Balaban J connectivity index is 2.63. The minimum atomic E-state index is 0.00982. The van der Waals surface area contributed by atoms with E-state index >= 15 is 0 Å². The third-order valence-corrected chi connectivity index (χ3v) is 2.22. The number of nitrogens with zero attached hydrogens (tertiary/aromatic N) is 3. The van der Waals surface area contributed by atoms with Gasteiger partial charge in [-0.15, -0.1) is 16.7 Å². The van der Waals surface area contributed by atoms with Crippen molar-refractivity contribution < 1.29 is 0 Å². The van der Waals surface area contributed by atoms with Gasteiger partial charge in [0.15, 0.2) is 0 Å². The number of aromatic nitrogens is 3. The van der Waals surface area contributed by atoms with E-state index in [1.54, 1.807) is 0 Å². The first kappa shape index (κ1) is 9.52. The minimum absolute atomic E-state index is 0.00982. The van der Waals surface area contributed by atoms with Crippen LogP contribution in [-0.2, 0) is 6.54 Å². The lowest BCUT2D eigenvalue weighted by Crippen LogP contribution is -1.96. The van der Waals surface area contributed by atoms with Gasteiger partial charge in [0.1, 0.15) is 5.69 Å². The molecule has 1 unspecified atom stereocenters. The van der Waals surface area contributed by atoms with Crippen LogP contribution in [0.3, 0.4) is 0 Å². The first-order valence-electron chi connectivity index (χ1n) is 4.32. The Morgan fingerprint density at radius 3 is 2.92 bits per heavy atom. The third-order valence-electron chi connectivity index (χ3n) is 1.69. The maximum atomic E-state index is 5.99. The molecule has 0 N–H and O–H groups in total. The predicted molar refractivity (Wildman–Crippen MR) is 49.2 cm³/mol. The average Bonchev–Trinajstić information content (AvgIpc) is 2.52. The zero-order valence-corrected chi connectivity index (χ0v) is 8.25. The molecule has 3 nitrogen and oxygen atoms in total. The molecule has 1 atom stereocenters. The first-order valence-corrected chi connectivity index (χ1v) is 4.75. The highest BCUT2D eigenvalue weighted by atomic mass is 35.5. The van der Waals surface area contributed by atoms with E-state index in [0.717, 1.165) is 25.1 Å². The quantitative estimate of drug-likeness (QED) is 0.678. The zero-order chi connectivity index (χ0) is 8.97. The smallest absolute Gasteiger partial charge is 0.100 e. The van der Waals surface area contributed by atoms with Crippen molar-refractivity contribution in [2.45, 2.75) is 38.6 Å². The average molecular weight is 188 g/mol. The highest BCUT2D eigenvalue weighted by molar-refractivity contribution is 6.20. The summed E-state index contributed by atoms with van der Waals surface area (Å²) < 4.78 is 1.83. The number of hydrogen-bond donors (Lipinski definition) is 0. The first-order chi connectivity index (χ1) is 5.77. The van der Waals surface area contributed by atoms with E-state index in [1.807, 2.05) is 17.8 Å². The van der Waals surface area contributed by atoms with Gasteiger partial charge in [-0.1, -0.05) is 19.1 Å². The molecular formula is C8H14ClN3. The molecule has 0 saturated heterocycles. The molecule has 4 heteroatoms. The summed E-state index contributed by atoms with van der Waals surface area (Å²) in [4.78, 5) is 0. The van der Waals surface area contributed by atoms with Crippen LogP contribution in [0.15, 0.2) is 6.20 Å². The Labute approximate surface area is 77.7 Å². The van der Waals surface area contributed by atoms with Gasteiger partial charge in [0.25, 0.3) is 0 Å². The van der Waals surface area contributed by atoms with Crippen molar-refractivity contribution in [1.82, 2.24) is 15.0 Å². The Morgan fingerprint density at radius 2 is 2.33 bits per heavy atom. The van der Waals surface area contributed by atoms with Gasteiger partial charge >= 0.3 is 0 Å². The molecule has 0 aliphatic heterocycles. The van der Waals surface area contributed by atoms with Gasteiger partial charge in [-0.25, -0.2) is 0 Å². The maximum Gasteiger partial charge on any atom is 0.100 e. The lowest BCUT2D eigenvalue weighted by Gasteiger charge is -1.98. The van der Waals surface area contributed by atoms with Crippen LogP contribution in [-0.4, -0.2) is 15.0 Å². The molecule has 0 fully saturated rings. The number of halogens is 1. The summed E-state index contributed by atoms with van der Waals surface area (Å²) in [5, 5.41) is 7.95. The molecule has 12 heavy (non-hydrogen) atoms. The van der Waals surface area contributed by atoms with Crippen molar-refractivity contribution in [3.63, 3.8) is 0 Å². The number of alkyl halides is 1. The van der Waals surface area contributed by atoms with Crippen LogP contribution in [0.5, 0.6) is 0 Å². The molecule has 0 aliphatic rings. The number of aryl methyl sites for hydroxylation is 1. The van der Waals surface area contributed by atoms with E-state index in [0.29, 0.717) is 0 Å². The van der Waals surface area contributed by atoms with Crippen LogP contribution < -0.4 is 0 Å². The second-order valence-electron chi connectivity index (χ2n) is 2.78. The molecule has 68 valence electrons. The highest BCUT2D eigenvalue weighted by Gasteiger charge is 2.08. The molecule has 0 amide bonds. The number of hydrogen-bond acceptors (Lipinski definition) is 2. The lowest BCUT2D eigenvalue weighted by atomic mass is 10.3. The van der Waals surface area contributed by atoms with Crippen molar-refractivity contribution in [2.75, 3.05) is 0 Å². The fraction of sp³-hybridized carbons (Fsp3) is 0.750. The van der Waals surface area contributed by atoms with Gasteiger partial charge in [-0.3, -0.25) is 4.68 Å². The molecule has 1 aromatic rings. The van der Waals surface area contributed by atoms with Crippen molar-refractivity contribution >= 4 is 11.6 Å². The van der Waals surface area contributed by atoms with Crippen LogP contribution in [0.25, 0.3) is 0 Å². The van der Waals surface area contributed by atoms with E-state index < -0.39 is 0 Å². The minimum Gasteiger partial charge on any atom is -0.252 e. The Hall–Kier alpha value is -0.570. The monoisotopic (exact) mass is 187 g/mol. The van der Waals surface area contributed by atoms with Gasteiger partial charge in [-0.05, 0) is 12.8 Å². The second-order valence-corrected chi connectivity index (χ2v) is 3.31. The molecule has 0 spiro atoms. The molecular weight excluding hydrogens is 174 g/mol. The fourth-order valence-corrected chi connectivity index (χ4v) is 1.10. The van der Waals surface area contributed by atoms with E-state index in [1.165, 1.54) is 0 Å². The molecule has 1 aromatic heterocycles. The summed E-state index contributed by atoms with van der Waals surface area (Å²) in [5.74, 6) is 0. The Bertz CT molecular complexity index is 234. The topological polar surface area (TPSA) is 30.7 Å². The second kappa shape index (κ2) is 4.45. The SMILES string of the molecule is CCCn1cc(C(Cl)CC)nn1. The van der Waals surface area contributed by atoms with Gasteiger partial charge in [0.05, 0.1) is 5.38 Å². The van der Waals surface area contributed by atoms with Crippen LogP contribution in [0.4, 0.5) is 0 Å². The molecule has 0 saturated carbocycles.